The van der Waals surface area contributed by atoms with Crippen LogP contribution in [0, 0.1) is 17.8 Å². The first-order valence-corrected chi connectivity index (χ1v) is 8.14. The minimum atomic E-state index is 0.344. The number of nitrogens with zero attached hydrogens (tertiary/aromatic N) is 1. The van der Waals surface area contributed by atoms with Crippen molar-refractivity contribution >= 4 is 17.5 Å². The van der Waals surface area contributed by atoms with E-state index in [-0.39, 0.29) is 0 Å². The molecule has 2 rings (SSSR count). The van der Waals surface area contributed by atoms with Crippen LogP contribution in [-0.2, 0) is 4.79 Å². The molecule has 0 aromatic heterocycles. The lowest BCUT2D eigenvalue weighted by atomic mass is 10.0. The fraction of sp³-hybridized carbons (Fsp3) is 0.933. The Morgan fingerprint density at radius 3 is 2.22 bits per heavy atom. The van der Waals surface area contributed by atoms with Crippen LogP contribution in [0.4, 0.5) is 0 Å². The second-order valence-electron chi connectivity index (χ2n) is 5.83. The van der Waals surface area contributed by atoms with Crippen molar-refractivity contribution in [3.05, 3.63) is 0 Å². The van der Waals surface area contributed by atoms with Crippen LogP contribution in [0.15, 0.2) is 0 Å². The molecule has 104 valence electrons. The Kier molecular flexibility index (Phi) is 4.94. The third-order valence-corrected chi connectivity index (χ3v) is 5.10. The Morgan fingerprint density at radius 1 is 1.22 bits per heavy atom. The van der Waals surface area contributed by atoms with Crippen molar-refractivity contribution in [1.82, 2.24) is 4.90 Å². The van der Waals surface area contributed by atoms with Crippen molar-refractivity contribution in [1.29, 1.82) is 0 Å². The number of carbonyl (C=O) groups is 1. The van der Waals surface area contributed by atoms with Gasteiger partial charge in [-0.15, -0.1) is 11.6 Å². The van der Waals surface area contributed by atoms with Crippen LogP contribution >= 0.6 is 11.6 Å². The molecule has 0 aromatic rings. The average Bonchev–Trinajstić information content (AvgIpc) is 3.12. The number of hydrogen-bond acceptors (Lipinski definition) is 1. The minimum Gasteiger partial charge on any atom is -0.338 e. The molecule has 2 unspecified atom stereocenters. The summed E-state index contributed by atoms with van der Waals surface area (Å²) in [6.07, 6.45) is 7.29. The molecule has 0 saturated heterocycles. The van der Waals surface area contributed by atoms with Crippen LogP contribution in [0.3, 0.4) is 0 Å². The second kappa shape index (κ2) is 6.27. The van der Waals surface area contributed by atoms with Crippen LogP contribution in [-0.4, -0.2) is 29.3 Å². The molecule has 2 saturated carbocycles. The molecule has 0 radical (unpaired) electrons. The molecule has 0 aromatic carbocycles. The predicted molar refractivity (Wildman–Crippen MR) is 75.7 cm³/mol. The zero-order chi connectivity index (χ0) is 13.1. The number of alkyl halides is 1. The van der Waals surface area contributed by atoms with Crippen LogP contribution in [0.5, 0.6) is 0 Å². The summed E-state index contributed by atoms with van der Waals surface area (Å²) in [7, 11) is 0. The Balaban J connectivity index is 2.00. The highest BCUT2D eigenvalue weighted by molar-refractivity contribution is 6.18. The van der Waals surface area contributed by atoms with Crippen LogP contribution in [0.1, 0.15) is 52.4 Å². The molecule has 2 aliphatic rings. The van der Waals surface area contributed by atoms with Crippen LogP contribution < -0.4 is 0 Å². The number of carbonyl (C=O) groups excluding carboxylic acids is 1. The van der Waals surface area contributed by atoms with Crippen molar-refractivity contribution in [3.8, 4) is 0 Å². The predicted octanol–water partition coefficient (Wildman–Crippen LogP) is 3.68. The molecule has 0 N–H and O–H groups in total. The highest BCUT2D eigenvalue weighted by Gasteiger charge is 2.56. The van der Waals surface area contributed by atoms with Gasteiger partial charge in [0.15, 0.2) is 0 Å². The molecular formula is C15H26ClNO. The summed E-state index contributed by atoms with van der Waals surface area (Å²) in [5.41, 5.74) is 0. The number of amides is 1. The zero-order valence-electron chi connectivity index (χ0n) is 11.7. The number of fused-ring (bicyclic) bond motifs is 1. The summed E-state index contributed by atoms with van der Waals surface area (Å²) in [5, 5.41) is 0. The maximum atomic E-state index is 12.7. The zero-order valence-corrected chi connectivity index (χ0v) is 12.5. The average molecular weight is 272 g/mol. The Morgan fingerprint density at radius 2 is 1.78 bits per heavy atom. The molecule has 0 bridgehead atoms. The summed E-state index contributed by atoms with van der Waals surface area (Å²) < 4.78 is 0. The molecule has 1 amide bonds. The van der Waals surface area contributed by atoms with Crippen LogP contribution in [0.25, 0.3) is 0 Å². The van der Waals surface area contributed by atoms with Crippen molar-refractivity contribution in [2.75, 3.05) is 12.4 Å². The van der Waals surface area contributed by atoms with Gasteiger partial charge in [-0.1, -0.05) is 26.7 Å². The van der Waals surface area contributed by atoms with E-state index in [9.17, 15) is 4.79 Å². The monoisotopic (exact) mass is 271 g/mol. The maximum absolute atomic E-state index is 12.7. The highest BCUT2D eigenvalue weighted by atomic mass is 35.5. The van der Waals surface area contributed by atoms with Crippen molar-refractivity contribution in [2.45, 2.75) is 58.4 Å². The fourth-order valence-electron chi connectivity index (χ4n) is 3.84. The third-order valence-electron chi connectivity index (χ3n) is 4.93. The fourth-order valence-corrected chi connectivity index (χ4v) is 4.03. The topological polar surface area (TPSA) is 20.3 Å². The summed E-state index contributed by atoms with van der Waals surface area (Å²) >= 11 is 5.88. The number of rotatable bonds is 6. The summed E-state index contributed by atoms with van der Waals surface area (Å²) in [6, 6.07) is 0.388. The maximum Gasteiger partial charge on any atom is 0.226 e. The lowest BCUT2D eigenvalue weighted by Gasteiger charge is -2.30. The number of halogens is 1. The van der Waals surface area contributed by atoms with Gasteiger partial charge in [0.05, 0.1) is 0 Å². The normalized spacial score (nSPS) is 30.1. The van der Waals surface area contributed by atoms with Gasteiger partial charge in [-0.3, -0.25) is 4.79 Å². The highest BCUT2D eigenvalue weighted by Crippen LogP contribution is 2.56. The smallest absolute Gasteiger partial charge is 0.226 e. The van der Waals surface area contributed by atoms with E-state index >= 15 is 0 Å². The van der Waals surface area contributed by atoms with Crippen molar-refractivity contribution in [3.63, 3.8) is 0 Å². The number of hydrogen-bond donors (Lipinski definition) is 0. The van der Waals surface area contributed by atoms with E-state index in [0.717, 1.165) is 19.4 Å². The molecule has 2 fully saturated rings. The molecule has 3 heteroatoms. The van der Waals surface area contributed by atoms with Gasteiger partial charge >= 0.3 is 0 Å². The third kappa shape index (κ3) is 2.68. The standard InChI is InChI=1S/C15H26ClNO/c1-3-11(4-2)17(10-9-16)15(18)14-12-7-5-6-8-13(12)14/h11-14H,3-10H2,1-2H3. The van der Waals surface area contributed by atoms with Gasteiger partial charge in [-0.2, -0.15) is 0 Å². The van der Waals surface area contributed by atoms with Gasteiger partial charge in [0.25, 0.3) is 0 Å². The first-order valence-electron chi connectivity index (χ1n) is 7.61. The summed E-state index contributed by atoms with van der Waals surface area (Å²) in [6.45, 7) is 5.06. The minimum absolute atomic E-state index is 0.344. The largest absolute Gasteiger partial charge is 0.338 e. The molecule has 2 nitrogen and oxygen atoms in total. The van der Waals surface area contributed by atoms with E-state index < -0.39 is 0 Å². The molecule has 0 heterocycles. The molecule has 0 spiro atoms. The van der Waals surface area contributed by atoms with Gasteiger partial charge in [-0.05, 0) is 37.5 Å². The van der Waals surface area contributed by atoms with Gasteiger partial charge in [0.1, 0.15) is 0 Å². The van der Waals surface area contributed by atoms with E-state index in [0.29, 0.717) is 35.6 Å². The molecule has 18 heavy (non-hydrogen) atoms. The van der Waals surface area contributed by atoms with E-state index in [1.807, 2.05) is 0 Å². The Labute approximate surface area is 116 Å². The van der Waals surface area contributed by atoms with Gasteiger partial charge < -0.3 is 4.90 Å². The van der Waals surface area contributed by atoms with Gasteiger partial charge in [0.2, 0.25) is 5.91 Å². The van der Waals surface area contributed by atoms with Crippen molar-refractivity contribution in [2.24, 2.45) is 17.8 Å². The molecule has 2 aliphatic carbocycles. The quantitative estimate of drug-likeness (QED) is 0.675. The van der Waals surface area contributed by atoms with Crippen molar-refractivity contribution < 1.29 is 4.79 Å². The Hall–Kier alpha value is -0.240. The van der Waals surface area contributed by atoms with E-state index in [2.05, 4.69) is 18.7 Å². The van der Waals surface area contributed by atoms with E-state index in [1.165, 1.54) is 25.7 Å². The van der Waals surface area contributed by atoms with Crippen LogP contribution in [0.2, 0.25) is 0 Å². The Bertz CT molecular complexity index is 278. The lowest BCUT2D eigenvalue weighted by Crippen LogP contribution is -2.42. The second-order valence-corrected chi connectivity index (χ2v) is 6.21. The first-order chi connectivity index (χ1) is 8.74. The first kappa shape index (κ1) is 14.2. The molecular weight excluding hydrogens is 246 g/mol. The lowest BCUT2D eigenvalue weighted by molar-refractivity contribution is -0.135. The molecule has 0 aliphatic heterocycles. The van der Waals surface area contributed by atoms with E-state index in [4.69, 9.17) is 11.6 Å². The van der Waals surface area contributed by atoms with Gasteiger partial charge in [0, 0.05) is 24.4 Å². The summed E-state index contributed by atoms with van der Waals surface area (Å²) in [4.78, 5) is 14.8. The van der Waals surface area contributed by atoms with E-state index in [1.54, 1.807) is 0 Å². The van der Waals surface area contributed by atoms with Gasteiger partial charge in [-0.25, -0.2) is 0 Å². The SMILES string of the molecule is CCC(CC)N(CCCl)C(=O)C1C2CCCCC21. The molecule has 2 atom stereocenters. The summed E-state index contributed by atoms with van der Waals surface area (Å²) in [5.74, 6) is 2.72.